The Morgan fingerprint density at radius 2 is 1.80 bits per heavy atom. The number of hydrogen-bond acceptors (Lipinski definition) is 2. The van der Waals surface area contributed by atoms with Crippen molar-refractivity contribution in [1.29, 1.82) is 0 Å². The number of aldehydes is 1. The second-order valence-electron chi connectivity index (χ2n) is 3.06. The van der Waals surface area contributed by atoms with Crippen molar-refractivity contribution < 1.29 is 9.21 Å². The lowest BCUT2D eigenvalue weighted by atomic mass is 10.2. The van der Waals surface area contributed by atoms with Crippen LogP contribution in [0.15, 0.2) is 53.0 Å². The highest BCUT2D eigenvalue weighted by atomic mass is 16.3. The van der Waals surface area contributed by atoms with E-state index in [1.807, 2.05) is 42.5 Å². The Kier molecular flexibility index (Phi) is 2.79. The van der Waals surface area contributed by atoms with Crippen LogP contribution in [0.2, 0.25) is 0 Å². The van der Waals surface area contributed by atoms with Gasteiger partial charge in [0.25, 0.3) is 0 Å². The van der Waals surface area contributed by atoms with Crippen molar-refractivity contribution in [3.63, 3.8) is 0 Å². The number of carbonyl (C=O) groups excluding carboxylic acids is 1. The zero-order chi connectivity index (χ0) is 10.5. The van der Waals surface area contributed by atoms with Gasteiger partial charge in [-0.1, -0.05) is 30.3 Å². The molecule has 1 aromatic carbocycles. The minimum absolute atomic E-state index is 0.681. The summed E-state index contributed by atoms with van der Waals surface area (Å²) in [5.41, 5.74) is 1.03. The average Bonchev–Trinajstić information content (AvgIpc) is 2.76. The van der Waals surface area contributed by atoms with Gasteiger partial charge in [0.05, 0.1) is 0 Å². The van der Waals surface area contributed by atoms with Crippen LogP contribution in [0, 0.1) is 0 Å². The third kappa shape index (κ3) is 2.23. The Morgan fingerprint density at radius 1 is 1.00 bits per heavy atom. The molecule has 15 heavy (non-hydrogen) atoms. The molecule has 1 aromatic heterocycles. The molecule has 0 bridgehead atoms. The van der Waals surface area contributed by atoms with Crippen LogP contribution in [0.4, 0.5) is 0 Å². The van der Waals surface area contributed by atoms with E-state index in [4.69, 9.17) is 4.42 Å². The molecule has 2 heteroatoms. The normalized spacial score (nSPS) is 10.7. The van der Waals surface area contributed by atoms with Crippen LogP contribution in [0.5, 0.6) is 0 Å². The highest BCUT2D eigenvalue weighted by Gasteiger charge is 2.01. The fraction of sp³-hybridized carbons (Fsp3) is 0. The standard InChI is InChI=1S/C13H10O2/c14-10-4-7-12-8-9-13(15-12)11-5-2-1-3-6-11/h1-10H. The summed E-state index contributed by atoms with van der Waals surface area (Å²) in [7, 11) is 0. The number of carbonyl (C=O) groups is 1. The first kappa shape index (κ1) is 9.46. The molecular weight excluding hydrogens is 188 g/mol. The Hall–Kier alpha value is -2.09. The molecule has 0 unspecified atom stereocenters. The number of furan rings is 1. The molecular formula is C13H10O2. The molecule has 0 aliphatic heterocycles. The van der Waals surface area contributed by atoms with E-state index in [9.17, 15) is 4.79 Å². The number of allylic oxidation sites excluding steroid dienone is 1. The molecule has 0 N–H and O–H groups in total. The van der Waals surface area contributed by atoms with Gasteiger partial charge in [0, 0.05) is 5.56 Å². The van der Waals surface area contributed by atoms with Crippen LogP contribution in [-0.2, 0) is 4.79 Å². The fourth-order valence-electron chi connectivity index (χ4n) is 1.33. The molecule has 74 valence electrons. The van der Waals surface area contributed by atoms with Gasteiger partial charge in [-0.2, -0.15) is 0 Å². The van der Waals surface area contributed by atoms with Crippen molar-refractivity contribution in [2.24, 2.45) is 0 Å². The molecule has 2 nitrogen and oxygen atoms in total. The predicted molar refractivity (Wildman–Crippen MR) is 59.2 cm³/mol. The zero-order valence-corrected chi connectivity index (χ0v) is 8.09. The molecule has 0 radical (unpaired) electrons. The van der Waals surface area contributed by atoms with Crippen LogP contribution in [0.1, 0.15) is 5.76 Å². The highest BCUT2D eigenvalue weighted by molar-refractivity contribution is 5.73. The molecule has 0 spiro atoms. The van der Waals surface area contributed by atoms with Crippen molar-refractivity contribution in [2.45, 2.75) is 0 Å². The average molecular weight is 198 g/mol. The summed E-state index contributed by atoms with van der Waals surface area (Å²) in [5.74, 6) is 1.49. The van der Waals surface area contributed by atoms with Crippen LogP contribution >= 0.6 is 0 Å². The highest BCUT2D eigenvalue weighted by Crippen LogP contribution is 2.22. The second kappa shape index (κ2) is 4.42. The molecule has 2 aromatic rings. The number of benzene rings is 1. The van der Waals surface area contributed by atoms with E-state index in [1.54, 1.807) is 6.08 Å². The van der Waals surface area contributed by atoms with E-state index in [2.05, 4.69) is 0 Å². The van der Waals surface area contributed by atoms with Gasteiger partial charge in [0.1, 0.15) is 17.8 Å². The lowest BCUT2D eigenvalue weighted by Gasteiger charge is -1.94. The molecule has 0 aliphatic carbocycles. The van der Waals surface area contributed by atoms with Gasteiger partial charge in [0.15, 0.2) is 0 Å². The minimum Gasteiger partial charge on any atom is -0.457 e. The zero-order valence-electron chi connectivity index (χ0n) is 8.09. The summed E-state index contributed by atoms with van der Waals surface area (Å²) < 4.78 is 5.53. The molecule has 0 fully saturated rings. The first-order valence-electron chi connectivity index (χ1n) is 4.67. The summed E-state index contributed by atoms with van der Waals surface area (Å²) in [6, 6.07) is 13.6. The van der Waals surface area contributed by atoms with E-state index in [0.29, 0.717) is 5.76 Å². The van der Waals surface area contributed by atoms with Gasteiger partial charge >= 0.3 is 0 Å². The van der Waals surface area contributed by atoms with E-state index in [1.165, 1.54) is 6.08 Å². The van der Waals surface area contributed by atoms with Gasteiger partial charge < -0.3 is 4.42 Å². The summed E-state index contributed by atoms with van der Waals surface area (Å²) in [6.07, 6.45) is 3.78. The third-order valence-corrected chi connectivity index (χ3v) is 2.02. The summed E-state index contributed by atoms with van der Waals surface area (Å²) in [6.45, 7) is 0. The summed E-state index contributed by atoms with van der Waals surface area (Å²) in [5, 5.41) is 0. The first-order chi connectivity index (χ1) is 7.40. The van der Waals surface area contributed by atoms with Crippen molar-refractivity contribution in [2.75, 3.05) is 0 Å². The second-order valence-corrected chi connectivity index (χ2v) is 3.06. The monoisotopic (exact) mass is 198 g/mol. The summed E-state index contributed by atoms with van der Waals surface area (Å²) in [4.78, 5) is 10.1. The molecule has 0 atom stereocenters. The van der Waals surface area contributed by atoms with Crippen molar-refractivity contribution in [3.8, 4) is 11.3 Å². The Morgan fingerprint density at radius 3 is 2.53 bits per heavy atom. The van der Waals surface area contributed by atoms with Crippen molar-refractivity contribution in [1.82, 2.24) is 0 Å². The van der Waals surface area contributed by atoms with Gasteiger partial charge in [-0.15, -0.1) is 0 Å². The quantitative estimate of drug-likeness (QED) is 0.560. The number of hydrogen-bond donors (Lipinski definition) is 0. The Labute approximate surface area is 87.8 Å². The molecule has 0 amide bonds. The lowest BCUT2D eigenvalue weighted by molar-refractivity contribution is -0.104. The Balaban J connectivity index is 2.28. The number of rotatable bonds is 3. The van der Waals surface area contributed by atoms with Gasteiger partial charge in [0.2, 0.25) is 0 Å². The largest absolute Gasteiger partial charge is 0.457 e. The van der Waals surface area contributed by atoms with Crippen LogP contribution in [-0.4, -0.2) is 6.29 Å². The van der Waals surface area contributed by atoms with Crippen molar-refractivity contribution in [3.05, 3.63) is 54.3 Å². The molecule has 1 heterocycles. The molecule has 2 rings (SSSR count). The van der Waals surface area contributed by atoms with Gasteiger partial charge in [-0.05, 0) is 24.3 Å². The molecule has 0 saturated heterocycles. The third-order valence-electron chi connectivity index (χ3n) is 2.02. The molecule has 0 aliphatic rings. The SMILES string of the molecule is O=CC=Cc1ccc(-c2ccccc2)o1. The van der Waals surface area contributed by atoms with Crippen molar-refractivity contribution >= 4 is 12.4 Å². The van der Waals surface area contributed by atoms with Crippen LogP contribution < -0.4 is 0 Å². The maximum Gasteiger partial charge on any atom is 0.142 e. The summed E-state index contributed by atoms with van der Waals surface area (Å²) >= 11 is 0. The topological polar surface area (TPSA) is 30.2 Å². The minimum atomic E-state index is 0.681. The van der Waals surface area contributed by atoms with E-state index in [-0.39, 0.29) is 0 Å². The maximum absolute atomic E-state index is 10.1. The maximum atomic E-state index is 10.1. The predicted octanol–water partition coefficient (Wildman–Crippen LogP) is 3.16. The van der Waals surface area contributed by atoms with Gasteiger partial charge in [-0.25, -0.2) is 0 Å². The molecule has 0 saturated carbocycles. The van der Waals surface area contributed by atoms with Crippen LogP contribution in [0.3, 0.4) is 0 Å². The van der Waals surface area contributed by atoms with Gasteiger partial charge in [-0.3, -0.25) is 4.79 Å². The van der Waals surface area contributed by atoms with E-state index in [0.717, 1.165) is 17.6 Å². The van der Waals surface area contributed by atoms with E-state index >= 15 is 0 Å². The van der Waals surface area contributed by atoms with E-state index < -0.39 is 0 Å². The van der Waals surface area contributed by atoms with Crippen LogP contribution in [0.25, 0.3) is 17.4 Å². The Bertz CT molecular complexity index is 466. The first-order valence-corrected chi connectivity index (χ1v) is 4.67. The smallest absolute Gasteiger partial charge is 0.142 e. The fourth-order valence-corrected chi connectivity index (χ4v) is 1.33. The lowest BCUT2D eigenvalue weighted by Crippen LogP contribution is -1.70.